The third-order valence-electron chi connectivity index (χ3n) is 3.39. The summed E-state index contributed by atoms with van der Waals surface area (Å²) in [7, 11) is 1.62. The van der Waals surface area contributed by atoms with Crippen molar-refractivity contribution in [1.82, 2.24) is 14.9 Å². The lowest BCUT2D eigenvalue weighted by Crippen LogP contribution is -2.23. The first-order chi connectivity index (χ1) is 10.3. The minimum absolute atomic E-state index is 0.181. The number of imidazole rings is 1. The number of carbonyl (C=O) groups is 1. The van der Waals surface area contributed by atoms with Gasteiger partial charge in [0.05, 0.1) is 13.7 Å². The van der Waals surface area contributed by atoms with Crippen molar-refractivity contribution in [2.75, 3.05) is 13.7 Å². The minimum atomic E-state index is -0.181. The van der Waals surface area contributed by atoms with Gasteiger partial charge in [-0.05, 0) is 17.7 Å². The Bertz CT molecular complexity index is 628. The molecule has 6 nitrogen and oxygen atoms in total. The molecule has 2 aromatic rings. The van der Waals surface area contributed by atoms with Gasteiger partial charge < -0.3 is 19.4 Å². The molecule has 1 N–H and O–H groups in total. The van der Waals surface area contributed by atoms with Gasteiger partial charge in [-0.15, -0.1) is 0 Å². The van der Waals surface area contributed by atoms with E-state index in [9.17, 15) is 4.79 Å². The number of hydrogen-bond acceptors (Lipinski definition) is 4. The quantitative estimate of drug-likeness (QED) is 0.922. The summed E-state index contributed by atoms with van der Waals surface area (Å²) >= 11 is 0. The number of nitrogens with zero attached hydrogens (tertiary/aromatic N) is 2. The number of fused-ring (bicyclic) bond motifs is 1. The van der Waals surface area contributed by atoms with Crippen LogP contribution in [0.4, 0.5) is 0 Å². The van der Waals surface area contributed by atoms with Crippen LogP contribution in [0.15, 0.2) is 30.5 Å². The largest absolute Gasteiger partial charge is 0.497 e. The molecular weight excluding hydrogens is 270 g/mol. The SMILES string of the molecule is COc1cccc(CNC(=O)c2cn3c(n2)COCC3)c1. The first-order valence-electron chi connectivity index (χ1n) is 6.81. The monoisotopic (exact) mass is 287 g/mol. The summed E-state index contributed by atoms with van der Waals surface area (Å²) in [6.45, 7) is 2.30. The molecule has 0 saturated carbocycles. The highest BCUT2D eigenvalue weighted by Crippen LogP contribution is 2.13. The number of aromatic nitrogens is 2. The van der Waals surface area contributed by atoms with Crippen LogP contribution in [0.25, 0.3) is 0 Å². The predicted octanol–water partition coefficient (Wildman–Crippen LogP) is 1.35. The Labute approximate surface area is 122 Å². The Balaban J connectivity index is 1.64. The third-order valence-corrected chi connectivity index (χ3v) is 3.39. The second kappa shape index (κ2) is 5.97. The van der Waals surface area contributed by atoms with E-state index in [-0.39, 0.29) is 5.91 Å². The van der Waals surface area contributed by atoms with Gasteiger partial charge in [0, 0.05) is 19.3 Å². The van der Waals surface area contributed by atoms with Gasteiger partial charge >= 0.3 is 0 Å². The zero-order valence-electron chi connectivity index (χ0n) is 11.8. The van der Waals surface area contributed by atoms with Crippen molar-refractivity contribution in [3.05, 3.63) is 47.5 Å². The standard InChI is InChI=1S/C15H17N3O3/c1-20-12-4-2-3-11(7-12)8-16-15(19)13-9-18-5-6-21-10-14(18)17-13/h2-4,7,9H,5-6,8,10H2,1H3,(H,16,19). The predicted molar refractivity (Wildman–Crippen MR) is 76.0 cm³/mol. The molecule has 0 fully saturated rings. The zero-order chi connectivity index (χ0) is 14.7. The van der Waals surface area contributed by atoms with E-state index >= 15 is 0 Å². The summed E-state index contributed by atoms with van der Waals surface area (Å²) in [6, 6.07) is 7.60. The van der Waals surface area contributed by atoms with Crippen molar-refractivity contribution >= 4 is 5.91 Å². The molecule has 0 atom stereocenters. The first-order valence-corrected chi connectivity index (χ1v) is 6.81. The molecule has 0 unspecified atom stereocenters. The maximum absolute atomic E-state index is 12.1. The molecule has 0 radical (unpaired) electrons. The number of methoxy groups -OCH3 is 1. The number of hydrogen-bond donors (Lipinski definition) is 1. The van der Waals surface area contributed by atoms with Gasteiger partial charge in [-0.1, -0.05) is 12.1 Å². The van der Waals surface area contributed by atoms with Crippen LogP contribution in [0, 0.1) is 0 Å². The fraction of sp³-hybridized carbons (Fsp3) is 0.333. The molecule has 6 heteroatoms. The molecule has 1 aliphatic rings. The topological polar surface area (TPSA) is 65.4 Å². The van der Waals surface area contributed by atoms with E-state index in [1.54, 1.807) is 13.3 Å². The molecule has 1 aromatic carbocycles. The second-order valence-corrected chi connectivity index (χ2v) is 4.82. The smallest absolute Gasteiger partial charge is 0.271 e. The normalized spacial score (nSPS) is 13.6. The van der Waals surface area contributed by atoms with E-state index in [1.807, 2.05) is 28.8 Å². The van der Waals surface area contributed by atoms with E-state index < -0.39 is 0 Å². The van der Waals surface area contributed by atoms with Crippen molar-refractivity contribution in [3.8, 4) is 5.75 Å². The summed E-state index contributed by atoms with van der Waals surface area (Å²) < 4.78 is 12.4. The number of carbonyl (C=O) groups excluding carboxylic acids is 1. The van der Waals surface area contributed by atoms with Gasteiger partial charge in [0.25, 0.3) is 5.91 Å². The van der Waals surface area contributed by atoms with Crippen molar-refractivity contribution in [1.29, 1.82) is 0 Å². The number of nitrogens with one attached hydrogen (secondary N) is 1. The van der Waals surface area contributed by atoms with Crippen molar-refractivity contribution < 1.29 is 14.3 Å². The lowest BCUT2D eigenvalue weighted by atomic mass is 10.2. The Morgan fingerprint density at radius 2 is 2.43 bits per heavy atom. The highest BCUT2D eigenvalue weighted by atomic mass is 16.5. The minimum Gasteiger partial charge on any atom is -0.497 e. The molecule has 1 aliphatic heterocycles. The summed E-state index contributed by atoms with van der Waals surface area (Å²) in [5.74, 6) is 1.39. The van der Waals surface area contributed by atoms with Crippen LogP contribution in [0.5, 0.6) is 5.75 Å². The second-order valence-electron chi connectivity index (χ2n) is 4.82. The average Bonchev–Trinajstić information content (AvgIpc) is 2.97. The third kappa shape index (κ3) is 3.05. The Hall–Kier alpha value is -2.34. The van der Waals surface area contributed by atoms with E-state index in [0.717, 1.165) is 23.7 Å². The fourth-order valence-electron chi connectivity index (χ4n) is 2.25. The molecule has 0 saturated heterocycles. The van der Waals surface area contributed by atoms with Crippen LogP contribution in [-0.2, 0) is 24.4 Å². The zero-order valence-corrected chi connectivity index (χ0v) is 11.8. The molecule has 110 valence electrons. The summed E-state index contributed by atoms with van der Waals surface area (Å²) in [6.07, 6.45) is 1.78. The molecule has 21 heavy (non-hydrogen) atoms. The van der Waals surface area contributed by atoms with Gasteiger partial charge in [-0.3, -0.25) is 4.79 Å². The molecule has 2 heterocycles. The Morgan fingerprint density at radius 3 is 3.24 bits per heavy atom. The number of rotatable bonds is 4. The van der Waals surface area contributed by atoms with E-state index in [2.05, 4.69) is 10.3 Å². The van der Waals surface area contributed by atoms with Gasteiger partial charge in [-0.25, -0.2) is 4.98 Å². The summed E-state index contributed by atoms with van der Waals surface area (Å²) in [5.41, 5.74) is 1.41. The van der Waals surface area contributed by atoms with Gasteiger partial charge in [0.15, 0.2) is 0 Å². The molecule has 0 aliphatic carbocycles. The summed E-state index contributed by atoms with van der Waals surface area (Å²) in [4.78, 5) is 16.4. The van der Waals surface area contributed by atoms with Crippen molar-refractivity contribution in [2.24, 2.45) is 0 Å². The molecular formula is C15H17N3O3. The van der Waals surface area contributed by atoms with Gasteiger partial charge in [-0.2, -0.15) is 0 Å². The van der Waals surface area contributed by atoms with Gasteiger partial charge in [0.1, 0.15) is 23.9 Å². The van der Waals surface area contributed by atoms with Crippen LogP contribution in [0.3, 0.4) is 0 Å². The molecule has 0 spiro atoms. The molecule has 1 aromatic heterocycles. The van der Waals surface area contributed by atoms with Crippen LogP contribution in [0.2, 0.25) is 0 Å². The van der Waals surface area contributed by atoms with E-state index in [1.165, 1.54) is 0 Å². The number of ether oxygens (including phenoxy) is 2. The maximum Gasteiger partial charge on any atom is 0.271 e. The average molecular weight is 287 g/mol. The lowest BCUT2D eigenvalue weighted by Gasteiger charge is -2.13. The van der Waals surface area contributed by atoms with E-state index in [4.69, 9.17) is 9.47 Å². The van der Waals surface area contributed by atoms with Crippen LogP contribution >= 0.6 is 0 Å². The molecule has 3 rings (SSSR count). The maximum atomic E-state index is 12.1. The highest BCUT2D eigenvalue weighted by Gasteiger charge is 2.16. The number of benzene rings is 1. The number of amides is 1. The van der Waals surface area contributed by atoms with Crippen LogP contribution < -0.4 is 10.1 Å². The van der Waals surface area contributed by atoms with Crippen LogP contribution in [0.1, 0.15) is 21.9 Å². The molecule has 0 bridgehead atoms. The van der Waals surface area contributed by atoms with Crippen LogP contribution in [-0.4, -0.2) is 29.2 Å². The molecule has 1 amide bonds. The Kier molecular flexibility index (Phi) is 3.87. The van der Waals surface area contributed by atoms with Crippen molar-refractivity contribution in [2.45, 2.75) is 19.7 Å². The van der Waals surface area contributed by atoms with Gasteiger partial charge in [0.2, 0.25) is 0 Å². The highest BCUT2D eigenvalue weighted by molar-refractivity contribution is 5.92. The summed E-state index contributed by atoms with van der Waals surface area (Å²) in [5, 5.41) is 2.86. The fourth-order valence-corrected chi connectivity index (χ4v) is 2.25. The van der Waals surface area contributed by atoms with Crippen molar-refractivity contribution in [3.63, 3.8) is 0 Å². The lowest BCUT2D eigenvalue weighted by molar-refractivity contribution is 0.0816. The first kappa shape index (κ1) is 13.6. The Morgan fingerprint density at radius 1 is 1.52 bits per heavy atom. The van der Waals surface area contributed by atoms with E-state index in [0.29, 0.717) is 25.5 Å².